The summed E-state index contributed by atoms with van der Waals surface area (Å²) in [6.07, 6.45) is 3.32. The van der Waals surface area contributed by atoms with Crippen molar-refractivity contribution in [1.82, 2.24) is 10.3 Å². The van der Waals surface area contributed by atoms with E-state index in [1.807, 2.05) is 48.5 Å². The lowest BCUT2D eigenvalue weighted by molar-refractivity contribution is -0.121. The molecule has 2 heterocycles. The van der Waals surface area contributed by atoms with Crippen LogP contribution in [-0.2, 0) is 11.2 Å². The number of oxazole rings is 1. The fraction of sp³-hybridized carbons (Fsp3) is 0.333. The minimum absolute atomic E-state index is 0.0789. The van der Waals surface area contributed by atoms with E-state index in [0.717, 1.165) is 46.9 Å². The molecule has 1 N–H and O–H groups in total. The van der Waals surface area contributed by atoms with Crippen molar-refractivity contribution in [2.24, 2.45) is 0 Å². The summed E-state index contributed by atoms with van der Waals surface area (Å²) in [6.45, 7) is 1.53. The van der Waals surface area contributed by atoms with Crippen LogP contribution in [0.3, 0.4) is 0 Å². The third-order valence-corrected chi connectivity index (χ3v) is 5.79. The molecule has 5 nitrogen and oxygen atoms in total. The number of amides is 1. The van der Waals surface area contributed by atoms with Crippen LogP contribution in [0.1, 0.15) is 24.8 Å². The van der Waals surface area contributed by atoms with E-state index in [1.54, 1.807) is 0 Å². The molecule has 1 aliphatic heterocycles. The van der Waals surface area contributed by atoms with Gasteiger partial charge in [-0.05, 0) is 43.0 Å². The number of carbonyl (C=O) groups is 1. The molecule has 0 bridgehead atoms. The Morgan fingerprint density at radius 1 is 1.22 bits per heavy atom. The molecule has 2 aromatic carbocycles. The van der Waals surface area contributed by atoms with Gasteiger partial charge in [0.25, 0.3) is 6.01 Å². The van der Waals surface area contributed by atoms with Gasteiger partial charge in [0.15, 0.2) is 5.58 Å². The summed E-state index contributed by atoms with van der Waals surface area (Å²) in [5.41, 5.74) is 2.83. The first-order valence-corrected chi connectivity index (χ1v) is 10.1. The molecule has 0 unspecified atom stereocenters. The predicted octanol–water partition coefficient (Wildman–Crippen LogP) is 4.31. The second-order valence-corrected chi connectivity index (χ2v) is 7.70. The molecule has 1 aliphatic rings. The van der Waals surface area contributed by atoms with E-state index in [4.69, 9.17) is 4.42 Å². The molecule has 0 saturated carbocycles. The van der Waals surface area contributed by atoms with Crippen LogP contribution in [0.15, 0.2) is 57.4 Å². The number of para-hydroxylation sites is 2. The van der Waals surface area contributed by atoms with Crippen molar-refractivity contribution in [3.63, 3.8) is 0 Å². The van der Waals surface area contributed by atoms with Gasteiger partial charge in [-0.2, -0.15) is 4.98 Å². The topological polar surface area (TPSA) is 58.4 Å². The molecule has 4 rings (SSSR count). The Morgan fingerprint density at radius 3 is 2.89 bits per heavy atom. The zero-order valence-corrected chi connectivity index (χ0v) is 16.6. The normalized spacial score (nSPS) is 16.8. The maximum absolute atomic E-state index is 12.3. The van der Waals surface area contributed by atoms with E-state index < -0.39 is 0 Å². The largest absolute Gasteiger partial charge is 0.423 e. The van der Waals surface area contributed by atoms with E-state index in [0.29, 0.717) is 19.0 Å². The Morgan fingerprint density at radius 2 is 2.04 bits per heavy atom. The zero-order valence-electron chi connectivity index (χ0n) is 15.0. The highest BCUT2D eigenvalue weighted by molar-refractivity contribution is 9.10. The molecule has 1 aromatic heterocycles. The van der Waals surface area contributed by atoms with Crippen molar-refractivity contribution in [3.8, 4) is 0 Å². The van der Waals surface area contributed by atoms with Crippen LogP contribution in [0.5, 0.6) is 0 Å². The number of fused-ring (bicyclic) bond motifs is 1. The number of halogens is 1. The minimum Gasteiger partial charge on any atom is -0.423 e. The van der Waals surface area contributed by atoms with Crippen LogP contribution in [0, 0.1) is 0 Å². The highest BCUT2D eigenvalue weighted by Crippen LogP contribution is 2.28. The van der Waals surface area contributed by atoms with Gasteiger partial charge in [-0.25, -0.2) is 0 Å². The highest BCUT2D eigenvalue weighted by atomic mass is 79.9. The summed E-state index contributed by atoms with van der Waals surface area (Å²) in [5, 5.41) is 3.08. The Bertz CT molecular complexity index is 907. The fourth-order valence-corrected chi connectivity index (χ4v) is 4.04. The van der Waals surface area contributed by atoms with Gasteiger partial charge >= 0.3 is 0 Å². The van der Waals surface area contributed by atoms with E-state index in [9.17, 15) is 4.79 Å². The molecule has 0 aliphatic carbocycles. The number of hydrogen-bond acceptors (Lipinski definition) is 4. The van der Waals surface area contributed by atoms with E-state index in [1.165, 1.54) is 0 Å². The quantitative estimate of drug-likeness (QED) is 0.636. The molecule has 3 aromatic rings. The van der Waals surface area contributed by atoms with Gasteiger partial charge in [0, 0.05) is 24.0 Å². The van der Waals surface area contributed by atoms with Crippen molar-refractivity contribution in [1.29, 1.82) is 0 Å². The van der Waals surface area contributed by atoms with Crippen molar-refractivity contribution in [2.75, 3.05) is 18.0 Å². The van der Waals surface area contributed by atoms with E-state index in [2.05, 4.69) is 31.1 Å². The second kappa shape index (κ2) is 8.13. The molecule has 1 atom stereocenters. The molecular weight excluding hydrogens is 406 g/mol. The maximum Gasteiger partial charge on any atom is 0.298 e. The summed E-state index contributed by atoms with van der Waals surface area (Å²) < 4.78 is 6.96. The summed E-state index contributed by atoms with van der Waals surface area (Å²) in [4.78, 5) is 19.1. The molecular formula is C21H22BrN3O2. The number of rotatable bonds is 6. The lowest BCUT2D eigenvalue weighted by atomic mass is 10.1. The average Bonchev–Trinajstić information content (AvgIpc) is 3.31. The summed E-state index contributed by atoms with van der Waals surface area (Å²) >= 11 is 3.53. The third kappa shape index (κ3) is 4.16. The number of aryl methyl sites for hydroxylation is 1. The lowest BCUT2D eigenvalue weighted by Crippen LogP contribution is -2.40. The number of nitrogens with zero attached hydrogens (tertiary/aromatic N) is 2. The molecule has 27 heavy (non-hydrogen) atoms. The number of anilines is 1. The first-order chi connectivity index (χ1) is 13.2. The molecule has 140 valence electrons. The molecule has 0 radical (unpaired) electrons. The maximum atomic E-state index is 12.3. The molecule has 6 heteroatoms. The Labute approximate surface area is 166 Å². The molecule has 0 spiro atoms. The van der Waals surface area contributed by atoms with Crippen LogP contribution >= 0.6 is 15.9 Å². The van der Waals surface area contributed by atoms with Gasteiger partial charge in [-0.1, -0.05) is 46.3 Å². The van der Waals surface area contributed by atoms with E-state index in [-0.39, 0.29) is 11.9 Å². The van der Waals surface area contributed by atoms with Gasteiger partial charge in [0.05, 0.1) is 6.04 Å². The standard InChI is InChI=1S/C21H22BrN3O2/c22-17-8-2-1-6-15(17)11-12-20(26)23-14-16-7-5-13-25(16)21-24-18-9-3-4-10-19(18)27-21/h1-4,6,8-10,16H,5,7,11-14H2,(H,23,26)/t16-/m0/s1. The van der Waals surface area contributed by atoms with Crippen molar-refractivity contribution in [2.45, 2.75) is 31.7 Å². The van der Waals surface area contributed by atoms with Crippen molar-refractivity contribution >= 4 is 39.0 Å². The molecule has 1 amide bonds. The number of benzene rings is 2. The van der Waals surface area contributed by atoms with Crippen LogP contribution in [0.2, 0.25) is 0 Å². The van der Waals surface area contributed by atoms with Crippen molar-refractivity contribution < 1.29 is 9.21 Å². The van der Waals surface area contributed by atoms with E-state index >= 15 is 0 Å². The van der Waals surface area contributed by atoms with Crippen LogP contribution in [0.4, 0.5) is 6.01 Å². The fourth-order valence-electron chi connectivity index (χ4n) is 3.55. The van der Waals surface area contributed by atoms with Gasteiger partial charge < -0.3 is 14.6 Å². The second-order valence-electron chi connectivity index (χ2n) is 6.85. The monoisotopic (exact) mass is 427 g/mol. The number of aromatic nitrogens is 1. The number of hydrogen-bond donors (Lipinski definition) is 1. The Balaban J connectivity index is 1.33. The smallest absolute Gasteiger partial charge is 0.298 e. The van der Waals surface area contributed by atoms with Crippen LogP contribution in [-0.4, -0.2) is 30.0 Å². The van der Waals surface area contributed by atoms with Crippen LogP contribution < -0.4 is 10.2 Å². The zero-order chi connectivity index (χ0) is 18.6. The first kappa shape index (κ1) is 18.0. The predicted molar refractivity (Wildman–Crippen MR) is 110 cm³/mol. The highest BCUT2D eigenvalue weighted by Gasteiger charge is 2.28. The molecule has 1 saturated heterocycles. The average molecular weight is 428 g/mol. The number of carbonyl (C=O) groups excluding carboxylic acids is 1. The number of nitrogens with one attached hydrogen (secondary N) is 1. The van der Waals surface area contributed by atoms with Gasteiger partial charge in [0.1, 0.15) is 5.52 Å². The first-order valence-electron chi connectivity index (χ1n) is 9.33. The van der Waals surface area contributed by atoms with Gasteiger partial charge in [-0.3, -0.25) is 4.79 Å². The Kier molecular flexibility index (Phi) is 5.43. The minimum atomic E-state index is 0.0789. The van der Waals surface area contributed by atoms with Crippen molar-refractivity contribution in [3.05, 3.63) is 58.6 Å². The SMILES string of the molecule is O=C(CCc1ccccc1Br)NC[C@@H]1CCCN1c1nc2ccccc2o1. The molecule has 1 fully saturated rings. The summed E-state index contributed by atoms with van der Waals surface area (Å²) in [6, 6.07) is 16.7. The summed E-state index contributed by atoms with van der Waals surface area (Å²) in [7, 11) is 0. The van der Waals surface area contributed by atoms with Gasteiger partial charge in [-0.15, -0.1) is 0 Å². The van der Waals surface area contributed by atoms with Gasteiger partial charge in [0.2, 0.25) is 5.91 Å². The lowest BCUT2D eigenvalue weighted by Gasteiger charge is -2.23. The third-order valence-electron chi connectivity index (χ3n) is 5.02. The summed E-state index contributed by atoms with van der Waals surface area (Å²) in [5.74, 6) is 0.0789. The Hall–Kier alpha value is -2.34. The van der Waals surface area contributed by atoms with Crippen LogP contribution in [0.25, 0.3) is 11.1 Å².